The van der Waals surface area contributed by atoms with E-state index in [4.69, 9.17) is 10.9 Å². The average molecular weight is 262 g/mol. The van der Waals surface area contributed by atoms with Gasteiger partial charge in [-0.2, -0.15) is 0 Å². The van der Waals surface area contributed by atoms with E-state index in [1.54, 1.807) is 0 Å². The van der Waals surface area contributed by atoms with Crippen molar-refractivity contribution in [1.29, 1.82) is 0 Å². The van der Waals surface area contributed by atoms with Crippen LogP contribution in [0.5, 0.6) is 0 Å². The van der Waals surface area contributed by atoms with Crippen molar-refractivity contribution in [2.45, 2.75) is 46.1 Å². The quantitative estimate of drug-likeness (QED) is 0.369. The summed E-state index contributed by atoms with van der Waals surface area (Å²) in [6.45, 7) is 7.06. The van der Waals surface area contributed by atoms with Crippen LogP contribution in [0.25, 0.3) is 0 Å². The van der Waals surface area contributed by atoms with E-state index in [1.165, 1.54) is 12.8 Å². The fourth-order valence-corrected chi connectivity index (χ4v) is 2.48. The number of oxime groups is 1. The summed E-state index contributed by atoms with van der Waals surface area (Å²) < 4.78 is 0. The van der Waals surface area contributed by atoms with Crippen LogP contribution >= 0.6 is 0 Å². The molecule has 0 saturated heterocycles. The zero-order valence-corrected chi connectivity index (χ0v) is 11.8. The third-order valence-corrected chi connectivity index (χ3v) is 3.41. The zero-order valence-electron chi connectivity index (χ0n) is 11.8. The van der Waals surface area contributed by atoms with Gasteiger partial charge in [-0.25, -0.2) is 4.98 Å². The number of aromatic nitrogens is 1. The Hall–Kier alpha value is -1.78. The number of hydrogen-bond acceptors (Lipinski definition) is 4. The van der Waals surface area contributed by atoms with Crippen LogP contribution in [0.3, 0.4) is 0 Å². The second-order valence-electron chi connectivity index (χ2n) is 5.19. The van der Waals surface area contributed by atoms with Crippen molar-refractivity contribution in [3.8, 4) is 0 Å². The van der Waals surface area contributed by atoms with E-state index in [1.807, 2.05) is 19.9 Å². The van der Waals surface area contributed by atoms with Crippen molar-refractivity contribution in [3.63, 3.8) is 0 Å². The summed E-state index contributed by atoms with van der Waals surface area (Å²) in [4.78, 5) is 6.94. The van der Waals surface area contributed by atoms with Crippen molar-refractivity contribution < 1.29 is 5.21 Å². The lowest BCUT2D eigenvalue weighted by Crippen LogP contribution is -2.31. The fraction of sp³-hybridized carbons (Fsp3) is 0.571. The van der Waals surface area contributed by atoms with E-state index in [0.717, 1.165) is 35.6 Å². The van der Waals surface area contributed by atoms with Gasteiger partial charge >= 0.3 is 0 Å². The standard InChI is InChI=1S/C14H22N4O/c1-4-7-18(11-5-6-11)14-12(13(15)17-19)9(2)8-10(3)16-14/h8,11,19H,4-7H2,1-3H3,(H2,15,17). The third kappa shape index (κ3) is 2.80. The van der Waals surface area contributed by atoms with Gasteiger partial charge in [-0.05, 0) is 44.7 Å². The summed E-state index contributed by atoms with van der Waals surface area (Å²) in [5.74, 6) is 0.999. The molecule has 1 heterocycles. The number of nitrogens with two attached hydrogens (primary N) is 1. The molecule has 104 valence electrons. The maximum atomic E-state index is 8.99. The summed E-state index contributed by atoms with van der Waals surface area (Å²) in [6, 6.07) is 2.52. The van der Waals surface area contributed by atoms with Crippen molar-refractivity contribution >= 4 is 11.7 Å². The van der Waals surface area contributed by atoms with Gasteiger partial charge in [0, 0.05) is 18.3 Å². The zero-order chi connectivity index (χ0) is 14.0. The molecule has 0 aromatic carbocycles. The first kappa shape index (κ1) is 13.6. The van der Waals surface area contributed by atoms with Crippen LogP contribution in [0.4, 0.5) is 5.82 Å². The third-order valence-electron chi connectivity index (χ3n) is 3.41. The van der Waals surface area contributed by atoms with Gasteiger partial charge in [0.25, 0.3) is 0 Å². The van der Waals surface area contributed by atoms with Crippen LogP contribution < -0.4 is 10.6 Å². The Morgan fingerprint density at radius 3 is 2.74 bits per heavy atom. The number of nitrogens with zero attached hydrogens (tertiary/aromatic N) is 3. The molecule has 5 heteroatoms. The molecule has 3 N–H and O–H groups in total. The molecule has 1 aromatic heterocycles. The molecule has 0 atom stereocenters. The smallest absolute Gasteiger partial charge is 0.174 e. The Labute approximate surface area is 114 Å². The molecule has 1 aromatic rings. The highest BCUT2D eigenvalue weighted by Gasteiger charge is 2.32. The first-order valence-electron chi connectivity index (χ1n) is 6.81. The average Bonchev–Trinajstić information content (AvgIpc) is 3.18. The molecule has 19 heavy (non-hydrogen) atoms. The number of pyridine rings is 1. The van der Waals surface area contributed by atoms with Crippen molar-refractivity contribution in [2.75, 3.05) is 11.4 Å². The van der Waals surface area contributed by atoms with Gasteiger partial charge in [0.05, 0.1) is 5.56 Å². The van der Waals surface area contributed by atoms with Crippen molar-refractivity contribution in [1.82, 2.24) is 4.98 Å². The SMILES string of the molecule is CCCN(c1nc(C)cc(C)c1/C(N)=N/O)C1CC1. The molecule has 0 spiro atoms. The maximum Gasteiger partial charge on any atom is 0.174 e. The number of hydrogen-bond donors (Lipinski definition) is 2. The fourth-order valence-electron chi connectivity index (χ4n) is 2.48. The number of anilines is 1. The number of amidine groups is 1. The number of aryl methyl sites for hydroxylation is 2. The van der Waals surface area contributed by atoms with Crippen molar-refractivity contribution in [2.24, 2.45) is 10.9 Å². The highest BCUT2D eigenvalue weighted by atomic mass is 16.4. The first-order chi connectivity index (χ1) is 9.08. The van der Waals surface area contributed by atoms with Crippen molar-refractivity contribution in [3.05, 3.63) is 22.9 Å². The highest BCUT2D eigenvalue weighted by molar-refractivity contribution is 6.02. The second-order valence-corrected chi connectivity index (χ2v) is 5.19. The molecule has 1 aliphatic carbocycles. The van der Waals surface area contributed by atoms with Crippen LogP contribution in [-0.2, 0) is 0 Å². The molecule has 2 rings (SSSR count). The molecule has 0 aliphatic heterocycles. The van der Waals surface area contributed by atoms with Crippen LogP contribution in [-0.4, -0.2) is 28.6 Å². The van der Waals surface area contributed by atoms with Gasteiger partial charge in [-0.3, -0.25) is 0 Å². The van der Waals surface area contributed by atoms with Gasteiger partial charge in [0.1, 0.15) is 5.82 Å². The van der Waals surface area contributed by atoms with Crippen LogP contribution in [0.15, 0.2) is 11.2 Å². The molecule has 1 saturated carbocycles. The normalized spacial score (nSPS) is 15.6. The molecule has 0 unspecified atom stereocenters. The predicted molar refractivity (Wildman–Crippen MR) is 76.9 cm³/mol. The van der Waals surface area contributed by atoms with Crippen LogP contribution in [0, 0.1) is 13.8 Å². The molecule has 0 amide bonds. The largest absolute Gasteiger partial charge is 0.409 e. The van der Waals surface area contributed by atoms with E-state index in [2.05, 4.69) is 22.0 Å². The summed E-state index contributed by atoms with van der Waals surface area (Å²) in [7, 11) is 0. The topological polar surface area (TPSA) is 74.7 Å². The monoisotopic (exact) mass is 262 g/mol. The molecule has 1 fully saturated rings. The first-order valence-corrected chi connectivity index (χ1v) is 6.81. The number of rotatable bonds is 5. The van der Waals surface area contributed by atoms with Crippen LogP contribution in [0.2, 0.25) is 0 Å². The molecular formula is C14H22N4O. The highest BCUT2D eigenvalue weighted by Crippen LogP contribution is 2.33. The van der Waals surface area contributed by atoms with E-state index in [-0.39, 0.29) is 5.84 Å². The lowest BCUT2D eigenvalue weighted by atomic mass is 10.1. The van der Waals surface area contributed by atoms with Crippen LogP contribution in [0.1, 0.15) is 43.0 Å². The Morgan fingerprint density at radius 2 is 2.21 bits per heavy atom. The van der Waals surface area contributed by atoms with E-state index in [0.29, 0.717) is 6.04 Å². The Bertz CT molecular complexity index is 494. The lowest BCUT2D eigenvalue weighted by Gasteiger charge is -2.26. The van der Waals surface area contributed by atoms with E-state index >= 15 is 0 Å². The Kier molecular flexibility index (Phi) is 3.93. The maximum absolute atomic E-state index is 8.99. The van der Waals surface area contributed by atoms with Gasteiger partial charge in [-0.15, -0.1) is 0 Å². The Morgan fingerprint density at radius 1 is 1.53 bits per heavy atom. The van der Waals surface area contributed by atoms with Gasteiger partial charge in [0.15, 0.2) is 5.84 Å². The summed E-state index contributed by atoms with van der Waals surface area (Å²) >= 11 is 0. The minimum Gasteiger partial charge on any atom is -0.409 e. The molecular weight excluding hydrogens is 240 g/mol. The van der Waals surface area contributed by atoms with Gasteiger partial charge < -0.3 is 15.8 Å². The molecule has 5 nitrogen and oxygen atoms in total. The van der Waals surface area contributed by atoms with E-state index in [9.17, 15) is 0 Å². The minimum absolute atomic E-state index is 0.141. The van der Waals surface area contributed by atoms with Gasteiger partial charge in [0.2, 0.25) is 0 Å². The predicted octanol–water partition coefficient (Wildman–Crippen LogP) is 2.17. The molecule has 0 bridgehead atoms. The summed E-state index contributed by atoms with van der Waals surface area (Å²) in [5, 5.41) is 12.1. The lowest BCUT2D eigenvalue weighted by molar-refractivity contribution is 0.318. The summed E-state index contributed by atoms with van der Waals surface area (Å²) in [5.41, 5.74) is 8.55. The second kappa shape index (κ2) is 5.47. The van der Waals surface area contributed by atoms with E-state index < -0.39 is 0 Å². The summed E-state index contributed by atoms with van der Waals surface area (Å²) in [6.07, 6.45) is 3.45. The molecule has 1 aliphatic rings. The van der Waals surface area contributed by atoms with Gasteiger partial charge in [-0.1, -0.05) is 12.1 Å². The minimum atomic E-state index is 0.141. The Balaban J connectivity index is 2.52. The molecule has 0 radical (unpaired) electrons.